The normalized spacial score (nSPS) is 15.8. The highest BCUT2D eigenvalue weighted by Gasteiger charge is 2.25. The third-order valence-electron chi connectivity index (χ3n) is 4.85. The first-order chi connectivity index (χ1) is 11.7. The van der Waals surface area contributed by atoms with Gasteiger partial charge in [-0.2, -0.15) is 0 Å². The van der Waals surface area contributed by atoms with Crippen molar-refractivity contribution in [3.05, 3.63) is 70.9 Å². The summed E-state index contributed by atoms with van der Waals surface area (Å²) >= 11 is 6.07. The summed E-state index contributed by atoms with van der Waals surface area (Å²) in [5, 5.41) is 1.91. The number of hydrogen-bond donors (Lipinski definition) is 1. The molecule has 2 aromatic carbocycles. The smallest absolute Gasteiger partial charge is 0.253 e. The minimum Gasteiger partial charge on any atom is -0.358 e. The molecule has 0 atom stereocenters. The Labute approximate surface area is 146 Å². The van der Waals surface area contributed by atoms with Crippen LogP contribution in [0.3, 0.4) is 0 Å². The van der Waals surface area contributed by atoms with Crippen LogP contribution in [0.25, 0.3) is 10.9 Å². The average molecular weight is 339 g/mol. The van der Waals surface area contributed by atoms with Crippen LogP contribution in [0.4, 0.5) is 0 Å². The van der Waals surface area contributed by atoms with Gasteiger partial charge in [-0.15, -0.1) is 0 Å². The standard InChI is InChI=1S/C20H19ClN2O/c21-17-6-7-18-16(12-17)13-19(22-18)14-8-10-23(11-9-14)20(24)15-4-2-1-3-5-15/h1-7,12-14,22H,8-11H2. The minimum atomic E-state index is 0.137. The Morgan fingerprint density at radius 1 is 1.04 bits per heavy atom. The van der Waals surface area contributed by atoms with E-state index in [1.165, 1.54) is 5.69 Å². The van der Waals surface area contributed by atoms with E-state index in [-0.39, 0.29) is 5.91 Å². The van der Waals surface area contributed by atoms with E-state index >= 15 is 0 Å². The van der Waals surface area contributed by atoms with E-state index in [0.717, 1.165) is 47.4 Å². The SMILES string of the molecule is O=C(c1ccccc1)N1CCC(c2cc3cc(Cl)ccc3[nH]2)CC1. The highest BCUT2D eigenvalue weighted by atomic mass is 35.5. The zero-order valence-electron chi connectivity index (χ0n) is 13.3. The van der Waals surface area contributed by atoms with Gasteiger partial charge < -0.3 is 9.88 Å². The maximum absolute atomic E-state index is 12.5. The van der Waals surface area contributed by atoms with Gasteiger partial charge in [0, 0.05) is 46.2 Å². The maximum Gasteiger partial charge on any atom is 0.253 e. The van der Waals surface area contributed by atoms with Gasteiger partial charge in [-0.3, -0.25) is 4.79 Å². The summed E-state index contributed by atoms with van der Waals surface area (Å²) in [4.78, 5) is 18.0. The van der Waals surface area contributed by atoms with Gasteiger partial charge in [0.1, 0.15) is 0 Å². The molecule has 3 nitrogen and oxygen atoms in total. The lowest BCUT2D eigenvalue weighted by Gasteiger charge is -2.31. The van der Waals surface area contributed by atoms with Crippen LogP contribution in [0, 0.1) is 0 Å². The molecule has 0 saturated carbocycles. The first kappa shape index (κ1) is 15.3. The molecule has 122 valence electrons. The summed E-state index contributed by atoms with van der Waals surface area (Å²) in [5.74, 6) is 0.605. The quantitative estimate of drug-likeness (QED) is 0.713. The molecular weight excluding hydrogens is 320 g/mol. The van der Waals surface area contributed by atoms with Crippen LogP contribution in [0.15, 0.2) is 54.6 Å². The summed E-state index contributed by atoms with van der Waals surface area (Å²) in [6.45, 7) is 1.60. The Hall–Kier alpha value is -2.26. The van der Waals surface area contributed by atoms with E-state index in [0.29, 0.717) is 5.92 Å². The number of nitrogens with zero attached hydrogens (tertiary/aromatic N) is 1. The van der Waals surface area contributed by atoms with Crippen molar-refractivity contribution in [2.24, 2.45) is 0 Å². The van der Waals surface area contributed by atoms with Crippen molar-refractivity contribution in [3.63, 3.8) is 0 Å². The molecule has 1 aliphatic heterocycles. The zero-order chi connectivity index (χ0) is 16.5. The summed E-state index contributed by atoms with van der Waals surface area (Å²) in [5.41, 5.74) is 3.15. The Kier molecular flexibility index (Phi) is 4.03. The molecule has 0 aliphatic carbocycles. The molecule has 4 heteroatoms. The molecule has 1 aliphatic rings. The lowest BCUT2D eigenvalue weighted by Crippen LogP contribution is -2.37. The van der Waals surface area contributed by atoms with Crippen LogP contribution in [0.1, 0.15) is 34.8 Å². The molecule has 1 saturated heterocycles. The number of likely N-dealkylation sites (tertiary alicyclic amines) is 1. The molecule has 2 heterocycles. The van der Waals surface area contributed by atoms with E-state index in [2.05, 4.69) is 11.1 Å². The Balaban J connectivity index is 1.46. The second-order valence-electron chi connectivity index (χ2n) is 6.39. The second kappa shape index (κ2) is 6.33. The molecule has 1 N–H and O–H groups in total. The average Bonchev–Trinajstić information content (AvgIpc) is 3.05. The van der Waals surface area contributed by atoms with Gasteiger partial charge in [0.05, 0.1) is 0 Å². The van der Waals surface area contributed by atoms with E-state index in [4.69, 9.17) is 11.6 Å². The Morgan fingerprint density at radius 2 is 1.79 bits per heavy atom. The summed E-state index contributed by atoms with van der Waals surface area (Å²) in [6.07, 6.45) is 1.97. The largest absolute Gasteiger partial charge is 0.358 e. The minimum absolute atomic E-state index is 0.137. The molecule has 24 heavy (non-hydrogen) atoms. The number of halogens is 1. The van der Waals surface area contributed by atoms with Gasteiger partial charge in [0.25, 0.3) is 5.91 Å². The molecule has 0 bridgehead atoms. The number of aromatic amines is 1. The number of hydrogen-bond acceptors (Lipinski definition) is 1. The van der Waals surface area contributed by atoms with Crippen LogP contribution >= 0.6 is 11.6 Å². The van der Waals surface area contributed by atoms with E-state index < -0.39 is 0 Å². The number of benzene rings is 2. The van der Waals surface area contributed by atoms with Crippen molar-refractivity contribution in [1.29, 1.82) is 0 Å². The van der Waals surface area contributed by atoms with Gasteiger partial charge in [-0.05, 0) is 49.2 Å². The number of fused-ring (bicyclic) bond motifs is 1. The van der Waals surface area contributed by atoms with Gasteiger partial charge in [0.15, 0.2) is 0 Å². The molecule has 0 radical (unpaired) electrons. The van der Waals surface area contributed by atoms with E-state index in [1.807, 2.05) is 53.4 Å². The molecule has 0 spiro atoms. The zero-order valence-corrected chi connectivity index (χ0v) is 14.1. The van der Waals surface area contributed by atoms with Crippen molar-refractivity contribution in [2.45, 2.75) is 18.8 Å². The second-order valence-corrected chi connectivity index (χ2v) is 6.83. The number of carbonyl (C=O) groups is 1. The predicted octanol–water partition coefficient (Wildman–Crippen LogP) is 4.84. The molecule has 0 unspecified atom stereocenters. The third kappa shape index (κ3) is 2.92. The fourth-order valence-electron chi connectivity index (χ4n) is 3.50. The van der Waals surface area contributed by atoms with Crippen LogP contribution in [-0.4, -0.2) is 28.9 Å². The van der Waals surface area contributed by atoms with Crippen LogP contribution in [0.5, 0.6) is 0 Å². The predicted molar refractivity (Wildman–Crippen MR) is 97.6 cm³/mol. The van der Waals surface area contributed by atoms with Crippen molar-refractivity contribution >= 4 is 28.4 Å². The lowest BCUT2D eigenvalue weighted by molar-refractivity contribution is 0.0712. The third-order valence-corrected chi connectivity index (χ3v) is 5.08. The van der Waals surface area contributed by atoms with Crippen molar-refractivity contribution in [1.82, 2.24) is 9.88 Å². The first-order valence-electron chi connectivity index (χ1n) is 8.33. The number of carbonyl (C=O) groups excluding carboxylic acids is 1. The van der Waals surface area contributed by atoms with Crippen LogP contribution in [-0.2, 0) is 0 Å². The van der Waals surface area contributed by atoms with Crippen LogP contribution < -0.4 is 0 Å². The fraction of sp³-hybridized carbons (Fsp3) is 0.250. The fourth-order valence-corrected chi connectivity index (χ4v) is 3.68. The summed E-state index contributed by atoms with van der Waals surface area (Å²) in [7, 11) is 0. The first-order valence-corrected chi connectivity index (χ1v) is 8.71. The number of nitrogens with one attached hydrogen (secondary N) is 1. The van der Waals surface area contributed by atoms with Gasteiger partial charge in [-0.1, -0.05) is 29.8 Å². The number of H-pyrrole nitrogens is 1. The highest BCUT2D eigenvalue weighted by Crippen LogP contribution is 2.31. The van der Waals surface area contributed by atoms with E-state index in [1.54, 1.807) is 0 Å². The molecular formula is C20H19ClN2O. The Bertz CT molecular complexity index is 864. The van der Waals surface area contributed by atoms with Gasteiger partial charge in [-0.25, -0.2) is 0 Å². The summed E-state index contributed by atoms with van der Waals surface area (Å²) in [6, 6.07) is 17.6. The number of rotatable bonds is 2. The van der Waals surface area contributed by atoms with Crippen LogP contribution in [0.2, 0.25) is 5.02 Å². The highest BCUT2D eigenvalue weighted by molar-refractivity contribution is 6.31. The number of piperidine rings is 1. The Morgan fingerprint density at radius 3 is 2.54 bits per heavy atom. The van der Waals surface area contributed by atoms with Gasteiger partial charge >= 0.3 is 0 Å². The maximum atomic E-state index is 12.5. The topological polar surface area (TPSA) is 36.1 Å². The van der Waals surface area contributed by atoms with E-state index in [9.17, 15) is 4.79 Å². The van der Waals surface area contributed by atoms with Crippen molar-refractivity contribution < 1.29 is 4.79 Å². The molecule has 1 fully saturated rings. The van der Waals surface area contributed by atoms with Gasteiger partial charge in [0.2, 0.25) is 0 Å². The molecule has 1 amide bonds. The molecule has 1 aromatic heterocycles. The monoisotopic (exact) mass is 338 g/mol. The molecule has 3 aromatic rings. The lowest BCUT2D eigenvalue weighted by atomic mass is 9.93. The molecule has 4 rings (SSSR count). The number of amides is 1. The number of aromatic nitrogens is 1. The van der Waals surface area contributed by atoms with Crippen molar-refractivity contribution in [3.8, 4) is 0 Å². The van der Waals surface area contributed by atoms with Crippen molar-refractivity contribution in [2.75, 3.05) is 13.1 Å². The summed E-state index contributed by atoms with van der Waals surface area (Å²) < 4.78 is 0.